The lowest BCUT2D eigenvalue weighted by atomic mass is 10.1. The van der Waals surface area contributed by atoms with Crippen molar-refractivity contribution in [1.82, 2.24) is 10.2 Å². The first-order valence-corrected chi connectivity index (χ1v) is 7.59. The van der Waals surface area contributed by atoms with Gasteiger partial charge in [0.1, 0.15) is 0 Å². The van der Waals surface area contributed by atoms with E-state index in [1.807, 2.05) is 0 Å². The normalized spacial score (nSPS) is 34.9. The van der Waals surface area contributed by atoms with Crippen molar-refractivity contribution in [2.75, 3.05) is 26.2 Å². The molecule has 0 radical (unpaired) electrons. The highest BCUT2D eigenvalue weighted by Crippen LogP contribution is 2.31. The second-order valence-electron chi connectivity index (χ2n) is 6.76. The molecule has 2 nitrogen and oxygen atoms in total. The fourth-order valence-corrected chi connectivity index (χ4v) is 3.50. The van der Waals surface area contributed by atoms with E-state index in [0.29, 0.717) is 6.04 Å². The molecular weight excluding hydrogens is 208 g/mol. The lowest BCUT2D eigenvalue weighted by Gasteiger charge is -2.21. The van der Waals surface area contributed by atoms with E-state index in [0.717, 1.165) is 17.8 Å². The van der Waals surface area contributed by atoms with E-state index >= 15 is 0 Å². The van der Waals surface area contributed by atoms with Crippen LogP contribution in [0.15, 0.2) is 0 Å². The fourth-order valence-electron chi connectivity index (χ4n) is 3.50. The molecule has 1 saturated heterocycles. The summed E-state index contributed by atoms with van der Waals surface area (Å²) in [5.74, 6) is 2.89. The Hall–Kier alpha value is -0.0800. The maximum absolute atomic E-state index is 3.58. The second kappa shape index (κ2) is 6.19. The molecule has 17 heavy (non-hydrogen) atoms. The van der Waals surface area contributed by atoms with Crippen LogP contribution in [0.1, 0.15) is 46.5 Å². The molecule has 1 heterocycles. The van der Waals surface area contributed by atoms with E-state index in [-0.39, 0.29) is 0 Å². The van der Waals surface area contributed by atoms with Gasteiger partial charge in [-0.1, -0.05) is 27.2 Å². The van der Waals surface area contributed by atoms with Crippen LogP contribution in [0.3, 0.4) is 0 Å². The van der Waals surface area contributed by atoms with Gasteiger partial charge in [0.05, 0.1) is 0 Å². The van der Waals surface area contributed by atoms with Crippen LogP contribution in [-0.4, -0.2) is 37.1 Å². The van der Waals surface area contributed by atoms with Gasteiger partial charge >= 0.3 is 0 Å². The highest BCUT2D eigenvalue weighted by molar-refractivity contribution is 4.82. The van der Waals surface area contributed by atoms with Gasteiger partial charge in [0.2, 0.25) is 0 Å². The summed E-state index contributed by atoms with van der Waals surface area (Å²) < 4.78 is 0. The van der Waals surface area contributed by atoms with Crippen molar-refractivity contribution >= 4 is 0 Å². The largest absolute Gasteiger partial charge is 0.314 e. The number of nitrogens with zero attached hydrogens (tertiary/aromatic N) is 1. The van der Waals surface area contributed by atoms with Crippen molar-refractivity contribution in [2.45, 2.75) is 52.5 Å². The molecule has 0 aromatic rings. The van der Waals surface area contributed by atoms with Crippen molar-refractivity contribution in [3.8, 4) is 0 Å². The van der Waals surface area contributed by atoms with Crippen molar-refractivity contribution in [3.63, 3.8) is 0 Å². The van der Waals surface area contributed by atoms with E-state index in [4.69, 9.17) is 0 Å². The van der Waals surface area contributed by atoms with Gasteiger partial charge < -0.3 is 10.2 Å². The fraction of sp³-hybridized carbons (Fsp3) is 1.00. The van der Waals surface area contributed by atoms with Gasteiger partial charge in [0.15, 0.2) is 0 Å². The monoisotopic (exact) mass is 238 g/mol. The minimum Gasteiger partial charge on any atom is -0.314 e. The Bertz CT molecular complexity index is 227. The van der Waals surface area contributed by atoms with Crippen LogP contribution in [0.5, 0.6) is 0 Å². The standard InChI is InChI=1S/C15H30N2/c1-12(2)16-9-15-6-7-17(11-15)10-14-5-4-13(3)8-14/h12-16H,4-11H2,1-3H3. The molecule has 100 valence electrons. The van der Waals surface area contributed by atoms with Crippen molar-refractivity contribution < 1.29 is 0 Å². The predicted molar refractivity (Wildman–Crippen MR) is 74.2 cm³/mol. The lowest BCUT2D eigenvalue weighted by Crippen LogP contribution is -2.32. The van der Waals surface area contributed by atoms with E-state index in [9.17, 15) is 0 Å². The molecule has 2 heteroatoms. The van der Waals surface area contributed by atoms with Crippen molar-refractivity contribution in [2.24, 2.45) is 17.8 Å². The summed E-state index contributed by atoms with van der Waals surface area (Å²) in [6, 6.07) is 0.639. The Kier molecular flexibility index (Phi) is 4.87. The third kappa shape index (κ3) is 4.26. The first-order valence-electron chi connectivity index (χ1n) is 7.59. The summed E-state index contributed by atoms with van der Waals surface area (Å²) in [6.07, 6.45) is 5.83. The SMILES string of the molecule is CC1CCC(CN2CCC(CNC(C)C)C2)C1. The van der Waals surface area contributed by atoms with Gasteiger partial charge in [-0.05, 0) is 50.1 Å². The maximum Gasteiger partial charge on any atom is 0.00224 e. The number of likely N-dealkylation sites (tertiary alicyclic amines) is 1. The van der Waals surface area contributed by atoms with Gasteiger partial charge in [-0.15, -0.1) is 0 Å². The molecule has 0 bridgehead atoms. The summed E-state index contributed by atoms with van der Waals surface area (Å²) in [5.41, 5.74) is 0. The zero-order valence-corrected chi connectivity index (χ0v) is 11.9. The predicted octanol–water partition coefficient (Wildman–Crippen LogP) is 2.74. The van der Waals surface area contributed by atoms with Gasteiger partial charge in [-0.2, -0.15) is 0 Å². The van der Waals surface area contributed by atoms with Crippen LogP contribution in [0.4, 0.5) is 0 Å². The molecule has 2 aliphatic rings. The third-order valence-corrected chi connectivity index (χ3v) is 4.50. The molecule has 1 saturated carbocycles. The number of hydrogen-bond donors (Lipinski definition) is 1. The average molecular weight is 238 g/mol. The Morgan fingerprint density at radius 3 is 2.65 bits per heavy atom. The minimum absolute atomic E-state index is 0.639. The van der Waals surface area contributed by atoms with Crippen molar-refractivity contribution in [3.05, 3.63) is 0 Å². The molecule has 0 spiro atoms. The summed E-state index contributed by atoms with van der Waals surface area (Å²) >= 11 is 0. The molecule has 3 atom stereocenters. The van der Waals surface area contributed by atoms with E-state index in [1.165, 1.54) is 51.9 Å². The van der Waals surface area contributed by atoms with Gasteiger partial charge in [0.25, 0.3) is 0 Å². The summed E-state index contributed by atoms with van der Waals surface area (Å²) in [5, 5.41) is 3.58. The molecule has 1 aliphatic heterocycles. The summed E-state index contributed by atoms with van der Waals surface area (Å²) in [7, 11) is 0. The zero-order chi connectivity index (χ0) is 12.3. The van der Waals surface area contributed by atoms with Crippen LogP contribution in [0, 0.1) is 17.8 Å². The highest BCUT2D eigenvalue weighted by Gasteiger charge is 2.27. The van der Waals surface area contributed by atoms with Gasteiger partial charge in [0, 0.05) is 19.1 Å². The topological polar surface area (TPSA) is 15.3 Å². The van der Waals surface area contributed by atoms with E-state index in [1.54, 1.807) is 0 Å². The molecule has 3 unspecified atom stereocenters. The van der Waals surface area contributed by atoms with Gasteiger partial charge in [-0.25, -0.2) is 0 Å². The Morgan fingerprint density at radius 2 is 2.00 bits per heavy atom. The summed E-state index contributed by atoms with van der Waals surface area (Å²) in [4.78, 5) is 2.72. The zero-order valence-electron chi connectivity index (χ0n) is 11.9. The molecule has 2 fully saturated rings. The van der Waals surface area contributed by atoms with Crippen LogP contribution in [0.2, 0.25) is 0 Å². The molecular formula is C15H30N2. The number of nitrogens with one attached hydrogen (secondary N) is 1. The van der Waals surface area contributed by atoms with Crippen molar-refractivity contribution in [1.29, 1.82) is 0 Å². The smallest absolute Gasteiger partial charge is 0.00224 e. The molecule has 0 aromatic heterocycles. The highest BCUT2D eigenvalue weighted by atomic mass is 15.2. The molecule has 0 amide bonds. The minimum atomic E-state index is 0.639. The Labute approximate surface area is 107 Å². The Balaban J connectivity index is 1.64. The number of rotatable bonds is 5. The number of hydrogen-bond acceptors (Lipinski definition) is 2. The first-order chi connectivity index (χ1) is 8.13. The summed E-state index contributed by atoms with van der Waals surface area (Å²) in [6.45, 7) is 12.2. The molecule has 2 rings (SSSR count). The maximum atomic E-state index is 3.58. The molecule has 0 aromatic carbocycles. The van der Waals surface area contributed by atoms with Crippen LogP contribution in [-0.2, 0) is 0 Å². The van der Waals surface area contributed by atoms with Crippen LogP contribution in [0.25, 0.3) is 0 Å². The third-order valence-electron chi connectivity index (χ3n) is 4.50. The lowest BCUT2D eigenvalue weighted by molar-refractivity contribution is 0.266. The van der Waals surface area contributed by atoms with Crippen LogP contribution < -0.4 is 5.32 Å². The average Bonchev–Trinajstić information content (AvgIpc) is 2.86. The quantitative estimate of drug-likeness (QED) is 0.792. The molecule has 1 aliphatic carbocycles. The van der Waals surface area contributed by atoms with E-state index < -0.39 is 0 Å². The second-order valence-corrected chi connectivity index (χ2v) is 6.76. The van der Waals surface area contributed by atoms with Gasteiger partial charge in [-0.3, -0.25) is 0 Å². The van der Waals surface area contributed by atoms with E-state index in [2.05, 4.69) is 31.0 Å². The molecule has 1 N–H and O–H groups in total. The van der Waals surface area contributed by atoms with Crippen LogP contribution >= 0.6 is 0 Å². The Morgan fingerprint density at radius 1 is 1.18 bits per heavy atom. The first kappa shape index (κ1) is 13.4.